The number of benzene rings is 2. The van der Waals surface area contributed by atoms with Gasteiger partial charge in [-0.1, -0.05) is 30.3 Å². The Morgan fingerprint density at radius 1 is 1.06 bits per heavy atom. The highest BCUT2D eigenvalue weighted by Gasteiger charge is 2.34. The summed E-state index contributed by atoms with van der Waals surface area (Å²) in [5.74, 6) is 0.939. The van der Waals surface area contributed by atoms with Gasteiger partial charge in [0, 0.05) is 30.7 Å². The summed E-state index contributed by atoms with van der Waals surface area (Å²) in [5.41, 5.74) is 9.25. The lowest BCUT2D eigenvalue weighted by Gasteiger charge is -2.33. The lowest BCUT2D eigenvalue weighted by Crippen LogP contribution is -2.51. The monoisotopic (exact) mass is 436 g/mol. The molecule has 2 aromatic carbocycles. The Morgan fingerprint density at radius 3 is 2.47 bits per heavy atom. The number of aryl methyl sites for hydroxylation is 1. The van der Waals surface area contributed by atoms with E-state index in [1.165, 1.54) is 0 Å². The number of likely N-dealkylation sites (tertiary alicyclic amines) is 1. The van der Waals surface area contributed by atoms with E-state index in [0.29, 0.717) is 31.7 Å². The zero-order valence-electron chi connectivity index (χ0n) is 18.8. The highest BCUT2D eigenvalue weighted by molar-refractivity contribution is 5.95. The molecule has 2 heterocycles. The minimum atomic E-state index is -0.246. The number of hydrazine groups is 1. The van der Waals surface area contributed by atoms with Gasteiger partial charge in [0.25, 0.3) is 5.91 Å². The maximum atomic E-state index is 13.0. The molecule has 2 aliphatic rings. The second kappa shape index (κ2) is 10.1. The highest BCUT2D eigenvalue weighted by atomic mass is 16.5. The molecule has 2 saturated heterocycles. The molecule has 2 aromatic rings. The first-order valence-electron chi connectivity index (χ1n) is 11.4. The Labute approximate surface area is 189 Å². The van der Waals surface area contributed by atoms with E-state index in [4.69, 9.17) is 4.74 Å². The van der Waals surface area contributed by atoms with Crippen LogP contribution in [0.3, 0.4) is 0 Å². The lowest BCUT2D eigenvalue weighted by molar-refractivity contribution is -0.134. The van der Waals surface area contributed by atoms with Gasteiger partial charge in [0.05, 0.1) is 6.61 Å². The lowest BCUT2D eigenvalue weighted by atomic mass is 9.99. The van der Waals surface area contributed by atoms with Gasteiger partial charge in [-0.05, 0) is 62.4 Å². The molecule has 2 fully saturated rings. The zero-order chi connectivity index (χ0) is 22.5. The Balaban J connectivity index is 1.25. The SMILES string of the molecule is CCOc1ccc(C2CC(C(=O)N3CCC(NC(=O)c4ccccc4C)CC3)NN2)cc1. The van der Waals surface area contributed by atoms with E-state index in [-0.39, 0.29) is 29.9 Å². The van der Waals surface area contributed by atoms with Crippen LogP contribution in [0.4, 0.5) is 0 Å². The van der Waals surface area contributed by atoms with Crippen molar-refractivity contribution in [3.8, 4) is 5.75 Å². The summed E-state index contributed by atoms with van der Waals surface area (Å²) in [7, 11) is 0. The number of hydrogen-bond acceptors (Lipinski definition) is 5. The molecule has 2 aliphatic heterocycles. The van der Waals surface area contributed by atoms with Gasteiger partial charge in [-0.3, -0.25) is 9.59 Å². The molecule has 0 spiro atoms. The Morgan fingerprint density at radius 2 is 1.78 bits per heavy atom. The van der Waals surface area contributed by atoms with E-state index in [0.717, 1.165) is 29.7 Å². The van der Waals surface area contributed by atoms with Crippen molar-refractivity contribution in [3.63, 3.8) is 0 Å². The van der Waals surface area contributed by atoms with Crippen LogP contribution in [0.15, 0.2) is 48.5 Å². The van der Waals surface area contributed by atoms with Crippen LogP contribution in [-0.2, 0) is 4.79 Å². The summed E-state index contributed by atoms with van der Waals surface area (Å²) < 4.78 is 5.50. The third-order valence-corrected chi connectivity index (χ3v) is 6.33. The molecule has 0 aromatic heterocycles. The van der Waals surface area contributed by atoms with Gasteiger partial charge in [0.1, 0.15) is 11.8 Å². The molecule has 0 saturated carbocycles. The van der Waals surface area contributed by atoms with Crippen molar-refractivity contribution in [2.75, 3.05) is 19.7 Å². The number of hydrogen-bond donors (Lipinski definition) is 3. The number of amides is 2. The van der Waals surface area contributed by atoms with Crippen LogP contribution in [0.2, 0.25) is 0 Å². The second-order valence-corrected chi connectivity index (χ2v) is 8.52. The topological polar surface area (TPSA) is 82.7 Å². The molecule has 0 bridgehead atoms. The number of carbonyl (C=O) groups excluding carboxylic acids is 2. The fraction of sp³-hybridized carbons (Fsp3) is 0.440. The normalized spacial score (nSPS) is 21.4. The first kappa shape index (κ1) is 22.3. The smallest absolute Gasteiger partial charge is 0.251 e. The van der Waals surface area contributed by atoms with E-state index >= 15 is 0 Å². The number of nitrogens with one attached hydrogen (secondary N) is 3. The number of carbonyl (C=O) groups is 2. The average molecular weight is 437 g/mol. The van der Waals surface area contributed by atoms with Crippen LogP contribution in [0.25, 0.3) is 0 Å². The van der Waals surface area contributed by atoms with E-state index in [2.05, 4.69) is 16.2 Å². The van der Waals surface area contributed by atoms with Gasteiger partial charge in [-0.15, -0.1) is 0 Å². The van der Waals surface area contributed by atoms with Crippen LogP contribution in [0.5, 0.6) is 5.75 Å². The van der Waals surface area contributed by atoms with E-state index in [1.54, 1.807) is 0 Å². The highest BCUT2D eigenvalue weighted by Crippen LogP contribution is 2.26. The van der Waals surface area contributed by atoms with Crippen molar-refractivity contribution in [1.82, 2.24) is 21.1 Å². The molecule has 2 atom stereocenters. The van der Waals surface area contributed by atoms with Crippen LogP contribution < -0.4 is 20.9 Å². The maximum absolute atomic E-state index is 13.0. The fourth-order valence-corrected chi connectivity index (χ4v) is 4.46. The van der Waals surface area contributed by atoms with Crippen molar-refractivity contribution in [1.29, 1.82) is 0 Å². The van der Waals surface area contributed by atoms with Gasteiger partial charge in [-0.2, -0.15) is 0 Å². The first-order chi connectivity index (χ1) is 15.5. The second-order valence-electron chi connectivity index (χ2n) is 8.52. The summed E-state index contributed by atoms with van der Waals surface area (Å²) >= 11 is 0. The molecule has 7 nitrogen and oxygen atoms in total. The number of nitrogens with zero attached hydrogens (tertiary/aromatic N) is 1. The maximum Gasteiger partial charge on any atom is 0.251 e. The van der Waals surface area contributed by atoms with Crippen LogP contribution >= 0.6 is 0 Å². The summed E-state index contributed by atoms with van der Waals surface area (Å²) in [6.45, 7) is 5.87. The first-order valence-corrected chi connectivity index (χ1v) is 11.4. The Hall–Kier alpha value is -2.90. The Kier molecular flexibility index (Phi) is 7.07. The van der Waals surface area contributed by atoms with Crippen LogP contribution in [0, 0.1) is 6.92 Å². The minimum Gasteiger partial charge on any atom is -0.494 e. The van der Waals surface area contributed by atoms with Crippen molar-refractivity contribution >= 4 is 11.8 Å². The third-order valence-electron chi connectivity index (χ3n) is 6.33. The molecular weight excluding hydrogens is 404 g/mol. The molecule has 32 heavy (non-hydrogen) atoms. The summed E-state index contributed by atoms with van der Waals surface area (Å²) in [6, 6.07) is 15.6. The predicted octanol–water partition coefficient (Wildman–Crippen LogP) is 2.72. The largest absolute Gasteiger partial charge is 0.494 e. The molecule has 3 N–H and O–H groups in total. The minimum absolute atomic E-state index is 0.0345. The van der Waals surface area contributed by atoms with Gasteiger partial charge >= 0.3 is 0 Å². The standard InChI is InChI=1S/C25H32N4O3/c1-3-32-20-10-8-18(9-11-20)22-16-23(28-27-22)25(31)29-14-12-19(13-15-29)26-24(30)21-7-5-4-6-17(21)2/h4-11,19,22-23,27-28H,3,12-16H2,1-2H3,(H,26,30). The number of ether oxygens (including phenoxy) is 1. The molecule has 170 valence electrons. The van der Waals surface area contributed by atoms with Crippen molar-refractivity contribution < 1.29 is 14.3 Å². The van der Waals surface area contributed by atoms with Gasteiger partial charge in [0.15, 0.2) is 0 Å². The molecule has 7 heteroatoms. The van der Waals surface area contributed by atoms with Crippen LogP contribution in [-0.4, -0.2) is 48.5 Å². The van der Waals surface area contributed by atoms with E-state index in [9.17, 15) is 9.59 Å². The molecular formula is C25H32N4O3. The molecule has 0 radical (unpaired) electrons. The predicted molar refractivity (Wildman–Crippen MR) is 123 cm³/mol. The van der Waals surface area contributed by atoms with Crippen molar-refractivity contribution in [2.24, 2.45) is 0 Å². The number of rotatable bonds is 6. The summed E-state index contributed by atoms with van der Waals surface area (Å²) in [6.07, 6.45) is 2.24. The van der Waals surface area contributed by atoms with E-state index < -0.39 is 0 Å². The van der Waals surface area contributed by atoms with E-state index in [1.807, 2.05) is 67.3 Å². The number of piperidine rings is 1. The van der Waals surface area contributed by atoms with Crippen LogP contribution in [0.1, 0.15) is 53.7 Å². The molecule has 2 unspecified atom stereocenters. The molecule has 2 amide bonds. The molecule has 4 rings (SSSR count). The zero-order valence-corrected chi connectivity index (χ0v) is 18.8. The van der Waals surface area contributed by atoms with Crippen molar-refractivity contribution in [3.05, 3.63) is 65.2 Å². The summed E-state index contributed by atoms with van der Waals surface area (Å²) in [5, 5.41) is 3.13. The average Bonchev–Trinajstić information content (AvgIpc) is 3.30. The quantitative estimate of drug-likeness (QED) is 0.649. The Bertz CT molecular complexity index is 938. The van der Waals surface area contributed by atoms with Crippen molar-refractivity contribution in [2.45, 2.75) is 51.2 Å². The molecule has 0 aliphatic carbocycles. The van der Waals surface area contributed by atoms with Gasteiger partial charge in [-0.25, -0.2) is 10.9 Å². The summed E-state index contributed by atoms with van der Waals surface area (Å²) in [4.78, 5) is 27.5. The van der Waals surface area contributed by atoms with Gasteiger partial charge in [0.2, 0.25) is 5.91 Å². The van der Waals surface area contributed by atoms with Gasteiger partial charge < -0.3 is 15.0 Å². The third kappa shape index (κ3) is 5.11. The fourth-order valence-electron chi connectivity index (χ4n) is 4.46.